The largest absolute Gasteiger partial charge is 0.508 e. The second-order valence-corrected chi connectivity index (χ2v) is 3.42. The summed E-state index contributed by atoms with van der Waals surface area (Å²) in [5, 5.41) is 32.1. The van der Waals surface area contributed by atoms with Gasteiger partial charge in [-0.1, -0.05) is 5.16 Å². The molecule has 1 aromatic rings. The van der Waals surface area contributed by atoms with Gasteiger partial charge < -0.3 is 26.5 Å². The number of carbonyl (C=O) groups excluding carboxylic acids is 1. The Kier molecular flexibility index (Phi) is 3.76. The van der Waals surface area contributed by atoms with Crippen LogP contribution in [0.3, 0.4) is 0 Å². The number of amidine groups is 1. The molecule has 1 atom stereocenters. The van der Waals surface area contributed by atoms with Crippen LogP contribution in [0.25, 0.3) is 0 Å². The van der Waals surface area contributed by atoms with Crippen LogP contribution in [0.15, 0.2) is 23.4 Å². The van der Waals surface area contributed by atoms with Crippen molar-refractivity contribution < 1.29 is 20.2 Å². The quantitative estimate of drug-likeness (QED) is 0.219. The highest BCUT2D eigenvalue weighted by molar-refractivity contribution is 6.00. The number of aromatic hydroxyl groups is 2. The lowest BCUT2D eigenvalue weighted by Gasteiger charge is -2.12. The van der Waals surface area contributed by atoms with Crippen LogP contribution >= 0.6 is 0 Å². The van der Waals surface area contributed by atoms with E-state index in [0.29, 0.717) is 0 Å². The van der Waals surface area contributed by atoms with E-state index in [2.05, 4.69) is 10.5 Å². The standard InChI is InChI=1S/C10H13N3O4/c1-5(9(11)13-17)12-10(16)7-3-2-6(14)4-8(7)15/h2-5,14-15,17H,1H3,(H2,11,13)(H,12,16). The molecule has 0 saturated carbocycles. The number of carbonyl (C=O) groups is 1. The Labute approximate surface area is 97.2 Å². The molecule has 0 spiro atoms. The second kappa shape index (κ2) is 5.06. The lowest BCUT2D eigenvalue weighted by atomic mass is 10.1. The molecule has 0 aliphatic rings. The van der Waals surface area contributed by atoms with Gasteiger partial charge in [0.2, 0.25) is 0 Å². The van der Waals surface area contributed by atoms with E-state index in [-0.39, 0.29) is 22.9 Å². The summed E-state index contributed by atoms with van der Waals surface area (Å²) in [5.74, 6) is -1.25. The van der Waals surface area contributed by atoms with Gasteiger partial charge in [0, 0.05) is 6.07 Å². The minimum absolute atomic E-state index is 0.0135. The van der Waals surface area contributed by atoms with E-state index >= 15 is 0 Å². The lowest BCUT2D eigenvalue weighted by Crippen LogP contribution is -2.42. The molecule has 0 saturated heterocycles. The molecule has 0 aliphatic heterocycles. The predicted molar refractivity (Wildman–Crippen MR) is 60.1 cm³/mol. The molecular weight excluding hydrogens is 226 g/mol. The molecule has 1 aromatic carbocycles. The molecule has 0 heterocycles. The fourth-order valence-corrected chi connectivity index (χ4v) is 1.15. The van der Waals surface area contributed by atoms with E-state index in [1.54, 1.807) is 0 Å². The number of nitrogens with one attached hydrogen (secondary N) is 1. The molecule has 0 aliphatic carbocycles. The van der Waals surface area contributed by atoms with E-state index < -0.39 is 11.9 Å². The number of hydrogen-bond donors (Lipinski definition) is 5. The number of rotatable bonds is 3. The highest BCUT2D eigenvalue weighted by atomic mass is 16.4. The Morgan fingerprint density at radius 2 is 2.12 bits per heavy atom. The summed E-state index contributed by atoms with van der Waals surface area (Å²) < 4.78 is 0. The highest BCUT2D eigenvalue weighted by Crippen LogP contribution is 2.22. The van der Waals surface area contributed by atoms with Gasteiger partial charge in [0.05, 0.1) is 11.6 Å². The van der Waals surface area contributed by atoms with Crippen LogP contribution in [-0.2, 0) is 0 Å². The maximum Gasteiger partial charge on any atom is 0.255 e. The van der Waals surface area contributed by atoms with Crippen molar-refractivity contribution in [3.63, 3.8) is 0 Å². The summed E-state index contributed by atoms with van der Waals surface area (Å²) >= 11 is 0. The topological polar surface area (TPSA) is 128 Å². The van der Waals surface area contributed by atoms with E-state index in [1.165, 1.54) is 19.1 Å². The number of benzene rings is 1. The van der Waals surface area contributed by atoms with E-state index in [0.717, 1.165) is 6.07 Å². The summed E-state index contributed by atoms with van der Waals surface area (Å²) in [6.45, 7) is 1.52. The molecule has 0 bridgehead atoms. The first-order valence-electron chi connectivity index (χ1n) is 4.76. The van der Waals surface area contributed by atoms with Crippen molar-refractivity contribution in [3.8, 4) is 11.5 Å². The van der Waals surface area contributed by atoms with Crippen LogP contribution in [-0.4, -0.2) is 33.2 Å². The van der Waals surface area contributed by atoms with Crippen molar-refractivity contribution in [3.05, 3.63) is 23.8 Å². The van der Waals surface area contributed by atoms with Gasteiger partial charge in [-0.3, -0.25) is 4.79 Å². The van der Waals surface area contributed by atoms with Crippen LogP contribution in [0.5, 0.6) is 11.5 Å². The van der Waals surface area contributed by atoms with Gasteiger partial charge in [-0.2, -0.15) is 0 Å². The van der Waals surface area contributed by atoms with E-state index in [4.69, 9.17) is 16.0 Å². The van der Waals surface area contributed by atoms with Crippen molar-refractivity contribution in [1.29, 1.82) is 0 Å². The average molecular weight is 239 g/mol. The van der Waals surface area contributed by atoms with E-state index in [1.807, 2.05) is 0 Å². The lowest BCUT2D eigenvalue weighted by molar-refractivity contribution is 0.0946. The molecule has 6 N–H and O–H groups in total. The van der Waals surface area contributed by atoms with Gasteiger partial charge in [0.15, 0.2) is 5.84 Å². The Hall–Kier alpha value is -2.44. The minimum atomic E-state index is -0.680. The molecule has 0 radical (unpaired) electrons. The summed E-state index contributed by atoms with van der Waals surface area (Å²) in [5.41, 5.74) is 5.27. The average Bonchev–Trinajstić information content (AvgIpc) is 2.27. The first-order valence-corrected chi connectivity index (χ1v) is 4.76. The van der Waals surface area contributed by atoms with Gasteiger partial charge in [-0.15, -0.1) is 0 Å². The minimum Gasteiger partial charge on any atom is -0.508 e. The molecule has 7 nitrogen and oxygen atoms in total. The van der Waals surface area contributed by atoms with Crippen LogP contribution in [0.1, 0.15) is 17.3 Å². The summed E-state index contributed by atoms with van der Waals surface area (Å²) in [6.07, 6.45) is 0. The van der Waals surface area contributed by atoms with Gasteiger partial charge >= 0.3 is 0 Å². The molecule has 1 unspecified atom stereocenters. The zero-order valence-corrected chi connectivity index (χ0v) is 9.08. The summed E-state index contributed by atoms with van der Waals surface area (Å²) in [7, 11) is 0. The summed E-state index contributed by atoms with van der Waals surface area (Å²) in [6, 6.07) is 2.89. The normalized spacial score (nSPS) is 13.1. The van der Waals surface area contributed by atoms with Crippen molar-refractivity contribution >= 4 is 11.7 Å². The van der Waals surface area contributed by atoms with Crippen LogP contribution in [0.4, 0.5) is 0 Å². The molecule has 92 valence electrons. The number of nitrogens with two attached hydrogens (primary N) is 1. The third-order valence-electron chi connectivity index (χ3n) is 2.13. The second-order valence-electron chi connectivity index (χ2n) is 3.42. The van der Waals surface area contributed by atoms with Crippen molar-refractivity contribution in [2.24, 2.45) is 10.9 Å². The SMILES string of the molecule is CC(NC(=O)c1ccc(O)cc1O)/C(N)=N/O. The van der Waals surface area contributed by atoms with Gasteiger partial charge in [0.1, 0.15) is 11.5 Å². The Balaban J connectivity index is 2.84. The number of oxime groups is 1. The number of amides is 1. The van der Waals surface area contributed by atoms with Gasteiger partial charge in [0.25, 0.3) is 5.91 Å². The van der Waals surface area contributed by atoms with Crippen LogP contribution in [0.2, 0.25) is 0 Å². The number of nitrogens with zero attached hydrogens (tertiary/aromatic N) is 1. The third-order valence-corrected chi connectivity index (χ3v) is 2.13. The number of phenolic OH excluding ortho intramolecular Hbond substituents is 2. The molecule has 0 aromatic heterocycles. The third kappa shape index (κ3) is 3.00. The zero-order valence-electron chi connectivity index (χ0n) is 9.08. The maximum atomic E-state index is 11.7. The molecule has 17 heavy (non-hydrogen) atoms. The summed E-state index contributed by atoms with van der Waals surface area (Å²) in [4.78, 5) is 11.7. The molecular formula is C10H13N3O4. The zero-order chi connectivity index (χ0) is 13.0. The molecule has 0 fully saturated rings. The number of hydrogen-bond acceptors (Lipinski definition) is 5. The Morgan fingerprint density at radius 3 is 2.65 bits per heavy atom. The Morgan fingerprint density at radius 1 is 1.47 bits per heavy atom. The van der Waals surface area contributed by atoms with Crippen molar-refractivity contribution in [1.82, 2.24) is 5.32 Å². The fraction of sp³-hybridized carbons (Fsp3) is 0.200. The van der Waals surface area contributed by atoms with Gasteiger partial charge in [-0.25, -0.2) is 0 Å². The first-order chi connectivity index (χ1) is 7.95. The van der Waals surface area contributed by atoms with Crippen molar-refractivity contribution in [2.75, 3.05) is 0 Å². The smallest absolute Gasteiger partial charge is 0.255 e. The monoisotopic (exact) mass is 239 g/mol. The molecule has 1 rings (SSSR count). The Bertz CT molecular complexity index is 459. The maximum absolute atomic E-state index is 11.7. The predicted octanol–water partition coefficient (Wildman–Crippen LogP) is -0.0375. The van der Waals surface area contributed by atoms with E-state index in [9.17, 15) is 9.90 Å². The van der Waals surface area contributed by atoms with Crippen molar-refractivity contribution in [2.45, 2.75) is 13.0 Å². The van der Waals surface area contributed by atoms with Crippen LogP contribution < -0.4 is 11.1 Å². The fourth-order valence-electron chi connectivity index (χ4n) is 1.15. The molecule has 1 amide bonds. The highest BCUT2D eigenvalue weighted by Gasteiger charge is 2.16. The molecule has 7 heteroatoms. The van der Waals surface area contributed by atoms with Crippen LogP contribution in [0, 0.1) is 0 Å². The first kappa shape index (κ1) is 12.6. The van der Waals surface area contributed by atoms with Gasteiger partial charge in [-0.05, 0) is 19.1 Å². The number of phenols is 2.